The molecule has 0 aliphatic carbocycles. The van der Waals surface area contributed by atoms with Crippen LogP contribution in [0.1, 0.15) is 41.7 Å². The fraction of sp³-hybridized carbons (Fsp3) is 0.350. The second kappa shape index (κ2) is 6.27. The lowest BCUT2D eigenvalue weighted by Gasteiger charge is -2.42. The molecule has 7 heteroatoms. The van der Waals surface area contributed by atoms with Gasteiger partial charge in [-0.15, -0.1) is 11.3 Å². The molecule has 5 heterocycles. The molecule has 3 aromatic heterocycles. The quantitative estimate of drug-likeness (QED) is 0.740. The van der Waals surface area contributed by atoms with Gasteiger partial charge in [0.1, 0.15) is 0 Å². The smallest absolute Gasteiger partial charge is 0.255 e. The first-order valence-corrected chi connectivity index (χ1v) is 10.0. The maximum atomic E-state index is 15.7. The van der Waals surface area contributed by atoms with Gasteiger partial charge in [-0.25, -0.2) is 4.39 Å². The third-order valence-electron chi connectivity index (χ3n) is 5.73. The number of amides is 1. The van der Waals surface area contributed by atoms with E-state index in [-0.39, 0.29) is 18.0 Å². The van der Waals surface area contributed by atoms with Gasteiger partial charge in [0.15, 0.2) is 5.67 Å². The van der Waals surface area contributed by atoms with E-state index in [9.17, 15) is 4.79 Å². The molecule has 2 fully saturated rings. The molecule has 0 radical (unpaired) electrons. The molecular formula is C20H19FN4OS. The zero-order chi connectivity index (χ0) is 18.4. The second-order valence-corrected chi connectivity index (χ2v) is 8.28. The molecule has 27 heavy (non-hydrogen) atoms. The highest BCUT2D eigenvalue weighted by atomic mass is 32.1. The van der Waals surface area contributed by atoms with Crippen LogP contribution in [-0.2, 0) is 5.67 Å². The number of aromatic nitrogens is 3. The van der Waals surface area contributed by atoms with Gasteiger partial charge in [-0.3, -0.25) is 14.9 Å². The summed E-state index contributed by atoms with van der Waals surface area (Å²) in [5, 5.41) is 8.64. The first-order valence-electron chi connectivity index (χ1n) is 9.15. The Morgan fingerprint density at radius 3 is 2.78 bits per heavy atom. The summed E-state index contributed by atoms with van der Waals surface area (Å²) in [5.41, 5.74) is 0.697. The highest BCUT2D eigenvalue weighted by Crippen LogP contribution is 2.48. The minimum atomic E-state index is -1.44. The SMILES string of the molecule is O=C(c1csc(-c2cn[nH]c2)c1)N1C2CCC1CC(F)(c1ccccn1)C2. The Balaban J connectivity index is 1.39. The van der Waals surface area contributed by atoms with Crippen LogP contribution in [0.25, 0.3) is 10.4 Å². The van der Waals surface area contributed by atoms with Crippen LogP contribution < -0.4 is 0 Å². The van der Waals surface area contributed by atoms with Crippen LogP contribution >= 0.6 is 11.3 Å². The molecule has 2 unspecified atom stereocenters. The number of hydrogen-bond acceptors (Lipinski definition) is 4. The molecule has 2 bridgehead atoms. The number of piperidine rings is 1. The van der Waals surface area contributed by atoms with Gasteiger partial charge in [0.25, 0.3) is 5.91 Å². The number of aromatic amines is 1. The zero-order valence-corrected chi connectivity index (χ0v) is 15.5. The number of thiophene rings is 1. The Labute approximate surface area is 160 Å². The fourth-order valence-electron chi connectivity index (χ4n) is 4.50. The van der Waals surface area contributed by atoms with Crippen molar-refractivity contribution in [3.05, 3.63) is 59.5 Å². The minimum absolute atomic E-state index is 0.0107. The first kappa shape index (κ1) is 16.6. The predicted molar refractivity (Wildman–Crippen MR) is 101 cm³/mol. The molecule has 2 atom stereocenters. The Morgan fingerprint density at radius 1 is 1.30 bits per heavy atom. The van der Waals surface area contributed by atoms with Gasteiger partial charge in [0.2, 0.25) is 0 Å². The summed E-state index contributed by atoms with van der Waals surface area (Å²) in [5.74, 6) is 0.0107. The van der Waals surface area contributed by atoms with Crippen molar-refractivity contribution in [3.8, 4) is 10.4 Å². The van der Waals surface area contributed by atoms with Crippen LogP contribution in [0.4, 0.5) is 4.39 Å². The van der Waals surface area contributed by atoms with Crippen molar-refractivity contribution in [2.24, 2.45) is 0 Å². The van der Waals surface area contributed by atoms with Crippen molar-refractivity contribution in [2.45, 2.75) is 43.4 Å². The number of carbonyl (C=O) groups excluding carboxylic acids is 1. The summed E-state index contributed by atoms with van der Waals surface area (Å²) in [6.45, 7) is 0. The highest BCUT2D eigenvalue weighted by molar-refractivity contribution is 7.13. The number of halogens is 1. The van der Waals surface area contributed by atoms with Crippen LogP contribution in [0, 0.1) is 0 Å². The Bertz CT molecular complexity index is 942. The van der Waals surface area contributed by atoms with E-state index in [0.717, 1.165) is 23.3 Å². The number of alkyl halides is 1. The molecule has 0 aromatic carbocycles. The monoisotopic (exact) mass is 382 g/mol. The van der Waals surface area contributed by atoms with Crippen LogP contribution in [0.3, 0.4) is 0 Å². The van der Waals surface area contributed by atoms with Gasteiger partial charge in [0.05, 0.1) is 17.5 Å². The van der Waals surface area contributed by atoms with Crippen molar-refractivity contribution in [1.29, 1.82) is 0 Å². The Hall–Kier alpha value is -2.54. The zero-order valence-electron chi connectivity index (χ0n) is 14.6. The van der Waals surface area contributed by atoms with Crippen LogP contribution in [0.5, 0.6) is 0 Å². The molecule has 138 valence electrons. The van der Waals surface area contributed by atoms with E-state index < -0.39 is 5.67 Å². The van der Waals surface area contributed by atoms with Crippen molar-refractivity contribution in [2.75, 3.05) is 0 Å². The number of carbonyl (C=O) groups is 1. The van der Waals surface area contributed by atoms with Crippen molar-refractivity contribution in [3.63, 3.8) is 0 Å². The van der Waals surface area contributed by atoms with Gasteiger partial charge in [-0.2, -0.15) is 5.10 Å². The van der Waals surface area contributed by atoms with Crippen molar-refractivity contribution in [1.82, 2.24) is 20.1 Å². The maximum Gasteiger partial charge on any atom is 0.255 e. The highest BCUT2D eigenvalue weighted by Gasteiger charge is 2.52. The van der Waals surface area contributed by atoms with Crippen molar-refractivity contribution >= 4 is 17.2 Å². The third-order valence-corrected chi connectivity index (χ3v) is 6.71. The van der Waals surface area contributed by atoms with Gasteiger partial charge >= 0.3 is 0 Å². The largest absolute Gasteiger partial charge is 0.332 e. The maximum absolute atomic E-state index is 15.7. The van der Waals surface area contributed by atoms with Crippen LogP contribution in [0.15, 0.2) is 48.2 Å². The van der Waals surface area contributed by atoms with Gasteiger partial charge in [-0.1, -0.05) is 6.07 Å². The number of rotatable bonds is 3. The van der Waals surface area contributed by atoms with E-state index in [2.05, 4.69) is 15.2 Å². The molecule has 1 N–H and O–H groups in total. The Kier molecular flexibility index (Phi) is 3.86. The molecule has 2 aliphatic heterocycles. The molecule has 0 spiro atoms. The van der Waals surface area contributed by atoms with Gasteiger partial charge in [0, 0.05) is 53.1 Å². The molecule has 1 amide bonds. The van der Waals surface area contributed by atoms with E-state index in [0.29, 0.717) is 24.1 Å². The average molecular weight is 382 g/mol. The average Bonchev–Trinajstić information content (AvgIpc) is 3.41. The summed E-state index contributed by atoms with van der Waals surface area (Å²) in [7, 11) is 0. The molecule has 2 aliphatic rings. The standard InChI is InChI=1S/C20H19FN4OS/c21-20(18-3-1-2-6-22-18)8-15-4-5-16(9-20)25(15)19(26)13-7-17(27-12-13)14-10-23-24-11-14/h1-3,6-7,10-12,15-16H,4-5,8-9H2,(H,23,24). The third kappa shape index (κ3) is 2.77. The van der Waals surface area contributed by atoms with Crippen LogP contribution in [-0.4, -0.2) is 38.1 Å². The summed E-state index contributed by atoms with van der Waals surface area (Å²) >= 11 is 1.53. The van der Waals surface area contributed by atoms with E-state index in [1.54, 1.807) is 24.5 Å². The number of nitrogens with zero attached hydrogens (tertiary/aromatic N) is 3. The van der Waals surface area contributed by atoms with Gasteiger partial charge in [-0.05, 0) is 31.0 Å². The number of H-pyrrole nitrogens is 1. The second-order valence-electron chi connectivity index (χ2n) is 7.37. The lowest BCUT2D eigenvalue weighted by atomic mass is 9.84. The summed E-state index contributed by atoms with van der Waals surface area (Å²) in [6.07, 6.45) is 7.56. The summed E-state index contributed by atoms with van der Waals surface area (Å²) in [4.78, 5) is 20.3. The fourth-order valence-corrected chi connectivity index (χ4v) is 5.36. The summed E-state index contributed by atoms with van der Waals surface area (Å²) < 4.78 is 15.7. The van der Waals surface area contributed by atoms with Gasteiger partial charge < -0.3 is 4.90 Å². The molecular weight excluding hydrogens is 363 g/mol. The van der Waals surface area contributed by atoms with E-state index in [1.165, 1.54) is 11.3 Å². The lowest BCUT2D eigenvalue weighted by Crippen LogP contribution is -2.50. The Morgan fingerprint density at radius 2 is 2.11 bits per heavy atom. The molecule has 0 saturated carbocycles. The summed E-state index contributed by atoms with van der Waals surface area (Å²) in [6, 6.07) is 7.15. The van der Waals surface area contributed by atoms with E-state index in [1.807, 2.05) is 28.6 Å². The van der Waals surface area contributed by atoms with Crippen molar-refractivity contribution < 1.29 is 9.18 Å². The molecule has 5 rings (SSSR count). The minimum Gasteiger partial charge on any atom is -0.332 e. The topological polar surface area (TPSA) is 61.9 Å². The molecule has 2 saturated heterocycles. The van der Waals surface area contributed by atoms with E-state index >= 15 is 4.39 Å². The number of pyridine rings is 1. The first-order chi connectivity index (χ1) is 13.1. The normalized spacial score (nSPS) is 27.1. The van der Waals surface area contributed by atoms with Crippen LogP contribution in [0.2, 0.25) is 0 Å². The lowest BCUT2D eigenvalue weighted by molar-refractivity contribution is 0.00835. The number of fused-ring (bicyclic) bond motifs is 2. The number of nitrogens with one attached hydrogen (secondary N) is 1. The number of hydrogen-bond donors (Lipinski definition) is 1. The predicted octanol–water partition coefficient (Wildman–Crippen LogP) is 4.17. The van der Waals surface area contributed by atoms with E-state index in [4.69, 9.17) is 0 Å². The molecule has 3 aromatic rings. The molecule has 5 nitrogen and oxygen atoms in total.